The largest absolute Gasteiger partial charge is 0.368 e. The second kappa shape index (κ2) is 3.92. The fraction of sp³-hybridized carbons (Fsp3) is 0.364. The lowest BCUT2D eigenvalue weighted by Gasteiger charge is -2.15. The Balaban J connectivity index is 2.64. The van der Waals surface area contributed by atoms with Gasteiger partial charge in [0.2, 0.25) is 5.95 Å². The van der Waals surface area contributed by atoms with E-state index < -0.39 is 0 Å². The molecule has 0 atom stereocenters. The van der Waals surface area contributed by atoms with Crippen molar-refractivity contribution < 1.29 is 0 Å². The molecule has 0 aromatic heterocycles. The summed E-state index contributed by atoms with van der Waals surface area (Å²) in [5.74, 6) is 1.11. The summed E-state index contributed by atoms with van der Waals surface area (Å²) in [4.78, 5) is 19.3. The Morgan fingerprint density at radius 1 is 1.44 bits per heavy atom. The van der Waals surface area contributed by atoms with Crippen LogP contribution in [0.4, 0.5) is 5.95 Å². The first-order chi connectivity index (χ1) is 7.58. The average molecular weight is 218 g/mol. The minimum Gasteiger partial charge on any atom is -0.368 e. The Labute approximate surface area is 93.3 Å². The van der Waals surface area contributed by atoms with Crippen molar-refractivity contribution >= 4 is 5.95 Å². The molecule has 0 saturated heterocycles. The van der Waals surface area contributed by atoms with E-state index >= 15 is 0 Å². The van der Waals surface area contributed by atoms with Gasteiger partial charge in [0.05, 0.1) is 5.56 Å². The standard InChI is InChI=1S/C11H14N4O/c1-7(2)6-15-5-3-4-8-9(15)13-11(12)14-10(8)16/h3-5,7H,6H2,1-2H3,(H2,12,14,16). The molecule has 0 spiro atoms. The van der Waals surface area contributed by atoms with E-state index in [1.807, 2.05) is 16.8 Å². The highest BCUT2D eigenvalue weighted by molar-refractivity contribution is 5.56. The number of hydrogen-bond acceptors (Lipinski definition) is 4. The van der Waals surface area contributed by atoms with Crippen LogP contribution in [0.15, 0.2) is 23.1 Å². The van der Waals surface area contributed by atoms with E-state index in [0.717, 1.165) is 6.54 Å². The lowest BCUT2D eigenvalue weighted by atomic mass is 10.2. The van der Waals surface area contributed by atoms with Crippen LogP contribution in [0, 0.1) is 5.92 Å². The zero-order chi connectivity index (χ0) is 11.7. The number of hydrogen-bond donors (Lipinski definition) is 1. The highest BCUT2D eigenvalue weighted by Crippen LogP contribution is 2.16. The van der Waals surface area contributed by atoms with E-state index in [1.165, 1.54) is 0 Å². The zero-order valence-corrected chi connectivity index (χ0v) is 9.34. The zero-order valence-electron chi connectivity index (χ0n) is 9.34. The maximum atomic E-state index is 11.6. The van der Waals surface area contributed by atoms with Gasteiger partial charge >= 0.3 is 0 Å². The Morgan fingerprint density at radius 2 is 2.19 bits per heavy atom. The third-order valence-electron chi connectivity index (χ3n) is 2.27. The lowest BCUT2D eigenvalue weighted by molar-refractivity contribution is 0.520. The van der Waals surface area contributed by atoms with Gasteiger partial charge in [-0.3, -0.25) is 4.79 Å². The first kappa shape index (κ1) is 10.6. The summed E-state index contributed by atoms with van der Waals surface area (Å²) in [5.41, 5.74) is 5.68. The van der Waals surface area contributed by atoms with Gasteiger partial charge in [0, 0.05) is 12.7 Å². The van der Waals surface area contributed by atoms with E-state index in [1.54, 1.807) is 6.07 Å². The quantitative estimate of drug-likeness (QED) is 0.815. The number of rotatable bonds is 2. The molecule has 2 rings (SSSR count). The van der Waals surface area contributed by atoms with Crippen LogP contribution in [0.1, 0.15) is 13.8 Å². The van der Waals surface area contributed by atoms with Gasteiger partial charge in [-0.05, 0) is 18.1 Å². The molecule has 0 aromatic carbocycles. The summed E-state index contributed by atoms with van der Waals surface area (Å²) in [6.45, 7) is 5.01. The maximum absolute atomic E-state index is 11.6. The first-order valence-corrected chi connectivity index (χ1v) is 5.20. The summed E-state index contributed by atoms with van der Waals surface area (Å²) in [5, 5.41) is 0. The van der Waals surface area contributed by atoms with Crippen molar-refractivity contribution in [3.63, 3.8) is 0 Å². The summed E-state index contributed by atoms with van der Waals surface area (Å²) in [7, 11) is 0. The van der Waals surface area contributed by atoms with E-state index in [0.29, 0.717) is 17.3 Å². The molecule has 0 amide bonds. The highest BCUT2D eigenvalue weighted by Gasteiger charge is 2.13. The van der Waals surface area contributed by atoms with Crippen LogP contribution >= 0.6 is 0 Å². The predicted octanol–water partition coefficient (Wildman–Crippen LogP) is 0.981. The number of nitrogens with zero attached hydrogens (tertiary/aromatic N) is 3. The molecule has 5 heteroatoms. The van der Waals surface area contributed by atoms with Crippen LogP contribution in [-0.2, 0) is 6.54 Å². The number of aromatic nitrogens is 3. The molecule has 84 valence electrons. The molecule has 2 N–H and O–H groups in total. The van der Waals surface area contributed by atoms with Crippen LogP contribution in [0.5, 0.6) is 0 Å². The number of fused-ring (bicyclic) bond motifs is 1. The van der Waals surface area contributed by atoms with Gasteiger partial charge in [-0.2, -0.15) is 9.97 Å². The molecule has 0 unspecified atom stereocenters. The third-order valence-corrected chi connectivity index (χ3v) is 2.27. The molecule has 2 aliphatic rings. The molecule has 16 heavy (non-hydrogen) atoms. The van der Waals surface area contributed by atoms with E-state index in [4.69, 9.17) is 5.73 Å². The van der Waals surface area contributed by atoms with Crippen molar-refractivity contribution in [2.24, 2.45) is 5.92 Å². The number of nitrogen functional groups attached to an aromatic ring is 1. The minimum absolute atomic E-state index is 0.0289. The molecule has 2 aliphatic heterocycles. The average Bonchev–Trinajstić information content (AvgIpc) is 2.18. The molecular weight excluding hydrogens is 204 g/mol. The monoisotopic (exact) mass is 218 g/mol. The molecule has 0 radical (unpaired) electrons. The van der Waals surface area contributed by atoms with Crippen molar-refractivity contribution in [3.05, 3.63) is 28.7 Å². The third kappa shape index (κ3) is 1.88. The summed E-state index contributed by atoms with van der Waals surface area (Å²) < 4.78 is 1.93. The minimum atomic E-state index is -0.319. The summed E-state index contributed by atoms with van der Waals surface area (Å²) in [6, 6.07) is 3.54. The summed E-state index contributed by atoms with van der Waals surface area (Å²) >= 11 is 0. The normalized spacial score (nSPS) is 11.2. The Morgan fingerprint density at radius 3 is 2.88 bits per heavy atom. The number of pyridine rings is 1. The smallest absolute Gasteiger partial charge is 0.284 e. The van der Waals surface area contributed by atoms with Crippen molar-refractivity contribution in [1.82, 2.24) is 14.5 Å². The van der Waals surface area contributed by atoms with Crippen LogP contribution in [0.2, 0.25) is 0 Å². The van der Waals surface area contributed by atoms with Crippen LogP contribution in [0.3, 0.4) is 0 Å². The molecule has 5 nitrogen and oxygen atoms in total. The second-order valence-electron chi connectivity index (χ2n) is 4.18. The van der Waals surface area contributed by atoms with Gasteiger partial charge in [0.25, 0.3) is 5.56 Å². The number of anilines is 1. The lowest BCUT2D eigenvalue weighted by Crippen LogP contribution is -2.20. The van der Waals surface area contributed by atoms with Gasteiger partial charge in [0.1, 0.15) is 5.82 Å². The molecule has 0 saturated carbocycles. The Kier molecular flexibility index (Phi) is 2.60. The van der Waals surface area contributed by atoms with Gasteiger partial charge in [-0.25, -0.2) is 0 Å². The summed E-state index contributed by atoms with van der Waals surface area (Å²) in [6.07, 6.45) is 1.90. The molecule has 0 aliphatic carbocycles. The van der Waals surface area contributed by atoms with Gasteiger partial charge < -0.3 is 10.3 Å². The second-order valence-corrected chi connectivity index (χ2v) is 4.18. The topological polar surface area (TPSA) is 73.8 Å². The van der Waals surface area contributed by atoms with E-state index in [9.17, 15) is 4.79 Å². The van der Waals surface area contributed by atoms with Gasteiger partial charge in [0.15, 0.2) is 0 Å². The molecule has 0 fully saturated rings. The Hall–Kier alpha value is -1.91. The predicted molar refractivity (Wildman–Crippen MR) is 62.2 cm³/mol. The fourth-order valence-corrected chi connectivity index (χ4v) is 1.67. The van der Waals surface area contributed by atoms with Crippen molar-refractivity contribution in [2.45, 2.75) is 20.4 Å². The van der Waals surface area contributed by atoms with E-state index in [-0.39, 0.29) is 11.5 Å². The highest BCUT2D eigenvalue weighted by atomic mass is 16.1. The van der Waals surface area contributed by atoms with Gasteiger partial charge in [-0.1, -0.05) is 13.8 Å². The first-order valence-electron chi connectivity index (χ1n) is 5.20. The molecular formula is C11H14N4O. The van der Waals surface area contributed by atoms with Crippen LogP contribution in [-0.4, -0.2) is 14.5 Å². The van der Waals surface area contributed by atoms with Crippen LogP contribution in [0.25, 0.3) is 11.4 Å². The van der Waals surface area contributed by atoms with Crippen molar-refractivity contribution in [1.29, 1.82) is 0 Å². The Bertz CT molecular complexity index is 532. The van der Waals surface area contributed by atoms with Crippen molar-refractivity contribution in [2.75, 3.05) is 5.73 Å². The number of nitrogens with two attached hydrogens (primary N) is 1. The SMILES string of the molecule is CC(C)Cn1cccc2c(=O)nc(N)nc1-2. The van der Waals surface area contributed by atoms with Gasteiger partial charge in [-0.15, -0.1) is 0 Å². The fourth-order valence-electron chi connectivity index (χ4n) is 1.67. The molecule has 0 bridgehead atoms. The van der Waals surface area contributed by atoms with Crippen molar-refractivity contribution in [3.8, 4) is 11.4 Å². The molecule has 0 aromatic rings. The molecule has 2 heterocycles. The maximum Gasteiger partial charge on any atom is 0.284 e. The van der Waals surface area contributed by atoms with E-state index in [2.05, 4.69) is 23.8 Å². The van der Waals surface area contributed by atoms with Crippen LogP contribution < -0.4 is 11.3 Å².